The van der Waals surface area contributed by atoms with Crippen LogP contribution in [0.3, 0.4) is 0 Å². The van der Waals surface area contributed by atoms with Crippen molar-refractivity contribution in [3.63, 3.8) is 0 Å². The van der Waals surface area contributed by atoms with Crippen LogP contribution < -0.4 is 30.2 Å². The molecule has 0 saturated carbocycles. The summed E-state index contributed by atoms with van der Waals surface area (Å²) in [5.74, 6) is 0.193. The molecule has 1 aliphatic heterocycles. The molecule has 2 aromatic carbocycles. The summed E-state index contributed by atoms with van der Waals surface area (Å²) >= 11 is 0. The minimum atomic E-state index is -0.486. The zero-order chi connectivity index (χ0) is 21.0. The lowest BCUT2D eigenvalue weighted by molar-refractivity contribution is -0.116. The van der Waals surface area contributed by atoms with E-state index < -0.39 is 11.7 Å². The van der Waals surface area contributed by atoms with Gasteiger partial charge < -0.3 is 30.2 Å². The van der Waals surface area contributed by atoms with Gasteiger partial charge in [0.05, 0.1) is 33.6 Å². The lowest BCUT2D eigenvalue weighted by Gasteiger charge is -2.19. The second kappa shape index (κ2) is 8.68. The number of nitrogens with one attached hydrogen (secondary N) is 3. The van der Waals surface area contributed by atoms with Crippen molar-refractivity contribution in [1.29, 1.82) is 0 Å². The maximum atomic E-state index is 14.3. The molecule has 0 atom stereocenters. The number of methoxy groups -OCH3 is 3. The minimum Gasteiger partial charge on any atom is -0.493 e. The zero-order valence-corrected chi connectivity index (χ0v) is 16.3. The first kappa shape index (κ1) is 20.2. The number of anilines is 3. The molecule has 3 N–H and O–H groups in total. The van der Waals surface area contributed by atoms with Crippen LogP contribution in [0.25, 0.3) is 0 Å². The predicted octanol–water partition coefficient (Wildman–Crippen LogP) is 2.79. The first-order chi connectivity index (χ1) is 13.9. The van der Waals surface area contributed by atoms with Crippen molar-refractivity contribution in [3.05, 3.63) is 35.6 Å². The van der Waals surface area contributed by atoms with Crippen LogP contribution in [0.2, 0.25) is 0 Å². The highest BCUT2D eigenvalue weighted by atomic mass is 19.1. The molecule has 0 unspecified atom stereocenters. The summed E-state index contributed by atoms with van der Waals surface area (Å²) < 4.78 is 30.0. The van der Waals surface area contributed by atoms with Gasteiger partial charge in [0.25, 0.3) is 0 Å². The Bertz CT molecular complexity index is 923. The molecule has 9 heteroatoms. The maximum Gasteiger partial charge on any atom is 0.243 e. The third-order valence-corrected chi connectivity index (χ3v) is 4.48. The molecule has 0 bridgehead atoms. The number of carbonyl (C=O) groups is 2. The molecule has 2 amide bonds. The number of benzene rings is 2. The topological polar surface area (TPSA) is 97.9 Å². The van der Waals surface area contributed by atoms with Crippen LogP contribution in [0.4, 0.5) is 21.5 Å². The standard InChI is InChI=1S/C20H22FN3O5/c1-27-16-7-12(8-17(28-2)20(16)29-3)23-19(26)10-22-15-9-14-11(6-13(15)21)4-5-18(25)24-14/h6-9,22H,4-5,10H2,1-3H3,(H,23,26)(H,24,25). The Morgan fingerprint density at radius 3 is 2.38 bits per heavy atom. The zero-order valence-electron chi connectivity index (χ0n) is 16.3. The number of carbonyl (C=O) groups excluding carboxylic acids is 2. The van der Waals surface area contributed by atoms with Gasteiger partial charge in [-0.05, 0) is 24.1 Å². The van der Waals surface area contributed by atoms with Crippen molar-refractivity contribution in [3.8, 4) is 17.2 Å². The molecule has 0 spiro atoms. The summed E-state index contributed by atoms with van der Waals surface area (Å²) in [5.41, 5.74) is 1.85. The van der Waals surface area contributed by atoms with Crippen molar-refractivity contribution >= 4 is 28.9 Å². The van der Waals surface area contributed by atoms with E-state index in [2.05, 4.69) is 16.0 Å². The Hall–Kier alpha value is -3.49. The average molecular weight is 403 g/mol. The summed E-state index contributed by atoms with van der Waals surface area (Å²) in [4.78, 5) is 23.8. The number of hydrogen-bond donors (Lipinski definition) is 3. The van der Waals surface area contributed by atoms with Crippen molar-refractivity contribution in [2.24, 2.45) is 0 Å². The van der Waals surface area contributed by atoms with Gasteiger partial charge in [-0.3, -0.25) is 9.59 Å². The first-order valence-corrected chi connectivity index (χ1v) is 8.91. The lowest BCUT2D eigenvalue weighted by atomic mass is 10.0. The second-order valence-electron chi connectivity index (χ2n) is 6.35. The van der Waals surface area contributed by atoms with Crippen LogP contribution in [0.15, 0.2) is 24.3 Å². The summed E-state index contributed by atoms with van der Waals surface area (Å²) in [6.45, 7) is -0.180. The molecule has 8 nitrogen and oxygen atoms in total. The van der Waals surface area contributed by atoms with E-state index in [1.54, 1.807) is 12.1 Å². The molecule has 1 heterocycles. The van der Waals surface area contributed by atoms with Crippen LogP contribution in [-0.4, -0.2) is 39.7 Å². The Labute approximate surface area is 167 Å². The molecule has 0 fully saturated rings. The molecule has 3 rings (SSSR count). The molecule has 29 heavy (non-hydrogen) atoms. The predicted molar refractivity (Wildman–Crippen MR) is 107 cm³/mol. The molecule has 1 aliphatic rings. The minimum absolute atomic E-state index is 0.116. The largest absolute Gasteiger partial charge is 0.493 e. The van der Waals surface area contributed by atoms with Crippen molar-refractivity contribution in [1.82, 2.24) is 0 Å². The van der Waals surface area contributed by atoms with E-state index >= 15 is 0 Å². The molecule has 2 aromatic rings. The van der Waals surface area contributed by atoms with E-state index in [1.165, 1.54) is 33.5 Å². The SMILES string of the molecule is COc1cc(NC(=O)CNc2cc3c(cc2F)CCC(=O)N3)cc(OC)c1OC. The van der Waals surface area contributed by atoms with E-state index in [1.807, 2.05) is 0 Å². The molecule has 0 aliphatic carbocycles. The highest BCUT2D eigenvalue weighted by Crippen LogP contribution is 2.39. The first-order valence-electron chi connectivity index (χ1n) is 8.91. The summed E-state index contributed by atoms with van der Waals surface area (Å²) in [5, 5.41) is 8.15. The highest BCUT2D eigenvalue weighted by molar-refractivity contribution is 5.96. The van der Waals surface area contributed by atoms with Gasteiger partial charge in [0.15, 0.2) is 11.5 Å². The van der Waals surface area contributed by atoms with E-state index in [0.29, 0.717) is 41.5 Å². The Morgan fingerprint density at radius 2 is 1.76 bits per heavy atom. The van der Waals surface area contributed by atoms with Crippen molar-refractivity contribution in [2.45, 2.75) is 12.8 Å². The monoisotopic (exact) mass is 403 g/mol. The summed E-state index contributed by atoms with van der Waals surface area (Å²) in [6.07, 6.45) is 0.816. The fourth-order valence-corrected chi connectivity index (χ4v) is 3.07. The van der Waals surface area contributed by atoms with Crippen LogP contribution in [0.5, 0.6) is 17.2 Å². The molecular formula is C20H22FN3O5. The Kier molecular flexibility index (Phi) is 6.06. The number of amides is 2. The van der Waals surface area contributed by atoms with Gasteiger partial charge in [-0.1, -0.05) is 0 Å². The third kappa shape index (κ3) is 4.50. The van der Waals surface area contributed by atoms with E-state index in [4.69, 9.17) is 14.2 Å². The number of rotatable bonds is 7. The number of fused-ring (bicyclic) bond motifs is 1. The van der Waals surface area contributed by atoms with Crippen LogP contribution in [0, 0.1) is 5.82 Å². The maximum absolute atomic E-state index is 14.3. The van der Waals surface area contributed by atoms with E-state index in [9.17, 15) is 14.0 Å². The number of aryl methyl sites for hydroxylation is 1. The molecular weight excluding hydrogens is 381 g/mol. The fraction of sp³-hybridized carbons (Fsp3) is 0.300. The van der Waals surface area contributed by atoms with E-state index in [0.717, 1.165) is 5.56 Å². The van der Waals surface area contributed by atoms with Crippen molar-refractivity contribution < 1.29 is 28.2 Å². The number of halogens is 1. The summed E-state index contributed by atoms with van der Waals surface area (Å²) in [6, 6.07) is 6.05. The Balaban J connectivity index is 1.69. The highest BCUT2D eigenvalue weighted by Gasteiger charge is 2.18. The van der Waals surface area contributed by atoms with Gasteiger partial charge in [0.2, 0.25) is 17.6 Å². The van der Waals surface area contributed by atoms with Gasteiger partial charge in [-0.2, -0.15) is 0 Å². The van der Waals surface area contributed by atoms with E-state index in [-0.39, 0.29) is 18.1 Å². The van der Waals surface area contributed by atoms with Crippen molar-refractivity contribution in [2.75, 3.05) is 43.8 Å². The van der Waals surface area contributed by atoms with Gasteiger partial charge in [-0.15, -0.1) is 0 Å². The summed E-state index contributed by atoms with van der Waals surface area (Å²) in [7, 11) is 4.43. The number of hydrogen-bond acceptors (Lipinski definition) is 6. The van der Waals surface area contributed by atoms with Crippen LogP contribution in [0.1, 0.15) is 12.0 Å². The fourth-order valence-electron chi connectivity index (χ4n) is 3.07. The van der Waals surface area contributed by atoms with Gasteiger partial charge >= 0.3 is 0 Å². The second-order valence-corrected chi connectivity index (χ2v) is 6.35. The van der Waals surface area contributed by atoms with Crippen LogP contribution >= 0.6 is 0 Å². The molecule has 154 valence electrons. The molecule has 0 aromatic heterocycles. The average Bonchev–Trinajstić information content (AvgIpc) is 2.71. The van der Waals surface area contributed by atoms with Gasteiger partial charge in [-0.25, -0.2) is 4.39 Å². The lowest BCUT2D eigenvalue weighted by Crippen LogP contribution is -2.23. The Morgan fingerprint density at radius 1 is 1.07 bits per heavy atom. The smallest absolute Gasteiger partial charge is 0.243 e. The van der Waals surface area contributed by atoms with Gasteiger partial charge in [0.1, 0.15) is 5.82 Å². The quantitative estimate of drug-likeness (QED) is 0.658. The molecule has 0 radical (unpaired) electrons. The van der Waals surface area contributed by atoms with Crippen LogP contribution in [-0.2, 0) is 16.0 Å². The third-order valence-electron chi connectivity index (χ3n) is 4.48. The normalized spacial score (nSPS) is 12.5. The van der Waals surface area contributed by atoms with Gasteiger partial charge in [0, 0.05) is 29.9 Å². The molecule has 0 saturated heterocycles. The number of ether oxygens (including phenoxy) is 3.